The number of hydrogen-bond donors (Lipinski definition) is 1. The van der Waals surface area contributed by atoms with Crippen molar-refractivity contribution in [2.24, 2.45) is 0 Å². The lowest BCUT2D eigenvalue weighted by atomic mass is 10.2. The van der Waals surface area contributed by atoms with Crippen molar-refractivity contribution in [2.75, 3.05) is 19.8 Å². The minimum atomic E-state index is -2.48. The van der Waals surface area contributed by atoms with Gasteiger partial charge in [-0.2, -0.15) is 0 Å². The van der Waals surface area contributed by atoms with Crippen LogP contribution in [-0.4, -0.2) is 31.1 Å². The summed E-state index contributed by atoms with van der Waals surface area (Å²) in [5, 5.41) is 13.7. The van der Waals surface area contributed by atoms with Gasteiger partial charge in [0, 0.05) is 29.2 Å². The molecule has 0 heterocycles. The SMILES string of the molecule is O=[N+]([O-])c1ccc(Br)cc1CNCCOCC(F)F. The molecule has 0 fully saturated rings. The van der Waals surface area contributed by atoms with Gasteiger partial charge >= 0.3 is 0 Å². The van der Waals surface area contributed by atoms with Gasteiger partial charge in [-0.25, -0.2) is 8.78 Å². The number of nitro groups is 1. The van der Waals surface area contributed by atoms with Crippen molar-refractivity contribution >= 4 is 21.6 Å². The summed E-state index contributed by atoms with van der Waals surface area (Å²) >= 11 is 3.24. The average Bonchev–Trinajstić information content (AvgIpc) is 2.33. The van der Waals surface area contributed by atoms with Crippen LogP contribution in [0.15, 0.2) is 22.7 Å². The Bertz CT molecular complexity index is 432. The highest BCUT2D eigenvalue weighted by atomic mass is 79.9. The number of nitro benzene ring substituents is 1. The number of ether oxygens (including phenoxy) is 1. The van der Waals surface area contributed by atoms with Gasteiger partial charge < -0.3 is 10.1 Å². The summed E-state index contributed by atoms with van der Waals surface area (Å²) in [7, 11) is 0. The molecule has 0 aliphatic carbocycles. The van der Waals surface area contributed by atoms with Crippen molar-refractivity contribution in [1.82, 2.24) is 5.32 Å². The monoisotopic (exact) mass is 338 g/mol. The fourth-order valence-electron chi connectivity index (χ4n) is 1.41. The van der Waals surface area contributed by atoms with Crippen molar-refractivity contribution in [2.45, 2.75) is 13.0 Å². The largest absolute Gasteiger partial charge is 0.374 e. The molecular weight excluding hydrogens is 326 g/mol. The highest BCUT2D eigenvalue weighted by Gasteiger charge is 2.13. The van der Waals surface area contributed by atoms with E-state index in [2.05, 4.69) is 26.0 Å². The molecule has 0 unspecified atom stereocenters. The van der Waals surface area contributed by atoms with Crippen LogP contribution >= 0.6 is 15.9 Å². The molecule has 1 aromatic rings. The second kappa shape index (κ2) is 8.13. The Morgan fingerprint density at radius 2 is 2.21 bits per heavy atom. The third kappa shape index (κ3) is 6.04. The lowest BCUT2D eigenvalue weighted by Crippen LogP contribution is -2.21. The first-order valence-electron chi connectivity index (χ1n) is 5.50. The quantitative estimate of drug-likeness (QED) is 0.449. The standard InChI is InChI=1S/C11H13BrF2N2O3/c12-9-1-2-10(16(17)18)8(5-9)6-15-3-4-19-7-11(13)14/h1-2,5,11,15H,3-4,6-7H2. The zero-order chi connectivity index (χ0) is 14.3. The maximum Gasteiger partial charge on any atom is 0.273 e. The van der Waals surface area contributed by atoms with Crippen molar-refractivity contribution in [1.29, 1.82) is 0 Å². The average molecular weight is 339 g/mol. The molecular formula is C11H13BrF2N2O3. The Morgan fingerprint density at radius 1 is 1.47 bits per heavy atom. The molecule has 0 saturated carbocycles. The van der Waals surface area contributed by atoms with Gasteiger partial charge in [0.05, 0.1) is 11.5 Å². The highest BCUT2D eigenvalue weighted by molar-refractivity contribution is 9.10. The van der Waals surface area contributed by atoms with Crippen LogP contribution in [0, 0.1) is 10.1 Å². The van der Waals surface area contributed by atoms with E-state index in [0.29, 0.717) is 12.1 Å². The third-order valence-electron chi connectivity index (χ3n) is 2.22. The fourth-order valence-corrected chi connectivity index (χ4v) is 1.82. The van der Waals surface area contributed by atoms with E-state index in [1.54, 1.807) is 12.1 Å². The number of rotatable bonds is 8. The Hall–Kier alpha value is -1.12. The van der Waals surface area contributed by atoms with Crippen LogP contribution in [0.4, 0.5) is 14.5 Å². The van der Waals surface area contributed by atoms with Crippen LogP contribution < -0.4 is 5.32 Å². The van der Waals surface area contributed by atoms with Crippen molar-refractivity contribution in [3.05, 3.63) is 38.3 Å². The summed E-state index contributed by atoms with van der Waals surface area (Å²) in [6.07, 6.45) is -2.48. The predicted molar refractivity (Wildman–Crippen MR) is 69.3 cm³/mol. The van der Waals surface area contributed by atoms with Gasteiger partial charge in [-0.15, -0.1) is 0 Å². The Labute approximate surface area is 117 Å². The van der Waals surface area contributed by atoms with E-state index < -0.39 is 18.0 Å². The second-order valence-electron chi connectivity index (χ2n) is 3.67. The van der Waals surface area contributed by atoms with Gasteiger partial charge in [0.15, 0.2) is 0 Å². The fraction of sp³-hybridized carbons (Fsp3) is 0.455. The molecule has 0 aromatic heterocycles. The highest BCUT2D eigenvalue weighted by Crippen LogP contribution is 2.22. The van der Waals surface area contributed by atoms with Crippen molar-refractivity contribution in [3.63, 3.8) is 0 Å². The molecule has 106 valence electrons. The molecule has 0 spiro atoms. The molecule has 0 atom stereocenters. The first-order chi connectivity index (χ1) is 9.00. The van der Waals surface area contributed by atoms with Gasteiger partial charge in [0.1, 0.15) is 6.61 Å². The zero-order valence-electron chi connectivity index (χ0n) is 9.94. The Balaban J connectivity index is 2.40. The molecule has 0 aliphatic rings. The molecule has 0 aliphatic heterocycles. The lowest BCUT2D eigenvalue weighted by Gasteiger charge is -2.07. The molecule has 1 rings (SSSR count). The van der Waals surface area contributed by atoms with E-state index >= 15 is 0 Å². The van der Waals surface area contributed by atoms with Crippen molar-refractivity contribution < 1.29 is 18.4 Å². The van der Waals surface area contributed by atoms with Crippen LogP contribution in [-0.2, 0) is 11.3 Å². The first-order valence-corrected chi connectivity index (χ1v) is 6.29. The number of alkyl halides is 2. The molecule has 19 heavy (non-hydrogen) atoms. The summed E-state index contributed by atoms with van der Waals surface area (Å²) < 4.78 is 29.0. The number of benzene rings is 1. The minimum absolute atomic E-state index is 0.0178. The molecule has 5 nitrogen and oxygen atoms in total. The summed E-state index contributed by atoms with van der Waals surface area (Å²) in [5.41, 5.74) is 0.539. The Morgan fingerprint density at radius 3 is 2.84 bits per heavy atom. The maximum absolute atomic E-state index is 11.8. The zero-order valence-corrected chi connectivity index (χ0v) is 11.5. The van der Waals surface area contributed by atoms with Gasteiger partial charge in [0.25, 0.3) is 12.1 Å². The normalized spacial score (nSPS) is 10.9. The van der Waals surface area contributed by atoms with Gasteiger partial charge in [-0.1, -0.05) is 15.9 Å². The molecule has 1 aromatic carbocycles. The van der Waals surface area contributed by atoms with Crippen LogP contribution in [0.5, 0.6) is 0 Å². The van der Waals surface area contributed by atoms with Crippen LogP contribution in [0.2, 0.25) is 0 Å². The predicted octanol–water partition coefficient (Wildman–Crippen LogP) is 2.73. The number of halogens is 3. The number of nitrogens with zero attached hydrogens (tertiary/aromatic N) is 1. The lowest BCUT2D eigenvalue weighted by molar-refractivity contribution is -0.385. The van der Waals surface area contributed by atoms with Crippen LogP contribution in [0.25, 0.3) is 0 Å². The maximum atomic E-state index is 11.8. The van der Waals surface area contributed by atoms with E-state index in [1.165, 1.54) is 6.07 Å². The molecule has 0 amide bonds. The molecule has 0 bridgehead atoms. The number of hydrogen-bond acceptors (Lipinski definition) is 4. The van der Waals surface area contributed by atoms with Crippen LogP contribution in [0.1, 0.15) is 5.56 Å². The summed E-state index contributed by atoms with van der Waals surface area (Å²) in [4.78, 5) is 10.3. The van der Waals surface area contributed by atoms with E-state index in [0.717, 1.165) is 4.47 Å². The van der Waals surface area contributed by atoms with Gasteiger partial charge in [0.2, 0.25) is 0 Å². The smallest absolute Gasteiger partial charge is 0.273 e. The van der Waals surface area contributed by atoms with Crippen LogP contribution in [0.3, 0.4) is 0 Å². The van der Waals surface area contributed by atoms with Gasteiger partial charge in [-0.3, -0.25) is 10.1 Å². The molecule has 0 saturated heterocycles. The molecule has 1 N–H and O–H groups in total. The van der Waals surface area contributed by atoms with E-state index in [1.807, 2.05) is 0 Å². The van der Waals surface area contributed by atoms with Gasteiger partial charge in [-0.05, 0) is 12.1 Å². The van der Waals surface area contributed by atoms with Crippen molar-refractivity contribution in [3.8, 4) is 0 Å². The summed E-state index contributed by atoms with van der Waals surface area (Å²) in [6, 6.07) is 4.65. The summed E-state index contributed by atoms with van der Waals surface area (Å²) in [5.74, 6) is 0. The number of nitrogens with one attached hydrogen (secondary N) is 1. The van der Waals surface area contributed by atoms with E-state index in [4.69, 9.17) is 0 Å². The Kier molecular flexibility index (Phi) is 6.82. The van der Waals surface area contributed by atoms with E-state index in [-0.39, 0.29) is 18.8 Å². The minimum Gasteiger partial charge on any atom is -0.374 e. The third-order valence-corrected chi connectivity index (χ3v) is 2.71. The summed E-state index contributed by atoms with van der Waals surface area (Å²) in [6.45, 7) is 0.148. The molecule has 8 heteroatoms. The molecule has 0 radical (unpaired) electrons. The topological polar surface area (TPSA) is 64.4 Å². The first kappa shape index (κ1) is 15.9. The van der Waals surface area contributed by atoms with E-state index in [9.17, 15) is 18.9 Å². The second-order valence-corrected chi connectivity index (χ2v) is 4.59.